The summed E-state index contributed by atoms with van der Waals surface area (Å²) in [4.78, 5) is 10.9. The molecule has 0 radical (unpaired) electrons. The highest BCUT2D eigenvalue weighted by Gasteiger charge is 2.29. The molecule has 1 saturated carbocycles. The second kappa shape index (κ2) is 5.25. The fourth-order valence-electron chi connectivity index (χ4n) is 2.34. The summed E-state index contributed by atoms with van der Waals surface area (Å²) in [6.45, 7) is 2.17. The lowest BCUT2D eigenvalue weighted by atomic mass is 9.77. The Kier molecular flexibility index (Phi) is 4.26. The third-order valence-corrected chi connectivity index (χ3v) is 3.15. The van der Waals surface area contributed by atoms with Gasteiger partial charge in [-0.1, -0.05) is 32.6 Å². The molecule has 13 heavy (non-hydrogen) atoms. The van der Waals surface area contributed by atoms with Gasteiger partial charge in [0.15, 0.2) is 0 Å². The van der Waals surface area contributed by atoms with Crippen LogP contribution in [0.15, 0.2) is 0 Å². The van der Waals surface area contributed by atoms with E-state index >= 15 is 0 Å². The van der Waals surface area contributed by atoms with E-state index in [1.807, 2.05) is 0 Å². The molecule has 76 valence electrons. The van der Waals surface area contributed by atoms with Gasteiger partial charge in [0, 0.05) is 0 Å². The Hall–Kier alpha value is -0.530. The molecule has 0 heterocycles. The van der Waals surface area contributed by atoms with Crippen LogP contribution in [0.3, 0.4) is 0 Å². The van der Waals surface area contributed by atoms with Crippen LogP contribution in [0.5, 0.6) is 0 Å². The van der Waals surface area contributed by atoms with Gasteiger partial charge in [0.05, 0.1) is 5.92 Å². The first-order valence-electron chi connectivity index (χ1n) is 5.48. The summed E-state index contributed by atoms with van der Waals surface area (Å²) in [6.07, 6.45) is 7.88. The minimum Gasteiger partial charge on any atom is -0.481 e. The van der Waals surface area contributed by atoms with E-state index in [0.29, 0.717) is 5.92 Å². The molecule has 1 aliphatic carbocycles. The van der Waals surface area contributed by atoms with E-state index in [-0.39, 0.29) is 5.92 Å². The molecule has 2 unspecified atom stereocenters. The highest BCUT2D eigenvalue weighted by molar-refractivity contribution is 5.70. The number of carboxylic acid groups (broad SMARTS) is 1. The Bertz CT molecular complexity index is 165. The zero-order chi connectivity index (χ0) is 9.68. The third-order valence-electron chi connectivity index (χ3n) is 3.15. The van der Waals surface area contributed by atoms with Gasteiger partial charge in [-0.05, 0) is 25.2 Å². The van der Waals surface area contributed by atoms with Crippen LogP contribution < -0.4 is 0 Å². The van der Waals surface area contributed by atoms with Gasteiger partial charge in [-0.3, -0.25) is 4.79 Å². The lowest BCUT2D eigenvalue weighted by Crippen LogP contribution is -2.26. The normalized spacial score (nSPS) is 28.7. The van der Waals surface area contributed by atoms with Crippen molar-refractivity contribution in [2.24, 2.45) is 11.8 Å². The number of rotatable bonds is 4. The van der Waals surface area contributed by atoms with Crippen molar-refractivity contribution in [3.63, 3.8) is 0 Å². The van der Waals surface area contributed by atoms with Crippen LogP contribution in [-0.4, -0.2) is 11.1 Å². The SMILES string of the molecule is CCCCC1CCCCC1C(=O)O. The summed E-state index contributed by atoms with van der Waals surface area (Å²) in [5.74, 6) is -0.146. The van der Waals surface area contributed by atoms with Crippen LogP contribution >= 0.6 is 0 Å². The second-order valence-electron chi connectivity index (χ2n) is 4.13. The highest BCUT2D eigenvalue weighted by atomic mass is 16.4. The zero-order valence-electron chi connectivity index (χ0n) is 8.46. The molecule has 1 aliphatic rings. The Morgan fingerprint density at radius 3 is 2.69 bits per heavy atom. The molecule has 0 bridgehead atoms. The van der Waals surface area contributed by atoms with E-state index in [9.17, 15) is 4.79 Å². The van der Waals surface area contributed by atoms with Gasteiger partial charge in [0.25, 0.3) is 0 Å². The van der Waals surface area contributed by atoms with Gasteiger partial charge in [-0.25, -0.2) is 0 Å². The lowest BCUT2D eigenvalue weighted by molar-refractivity contribution is -0.145. The summed E-state index contributed by atoms with van der Waals surface area (Å²) >= 11 is 0. The molecule has 2 heteroatoms. The van der Waals surface area contributed by atoms with Crippen LogP contribution in [0, 0.1) is 11.8 Å². The molecule has 0 aliphatic heterocycles. The predicted molar refractivity (Wildman–Crippen MR) is 52.6 cm³/mol. The topological polar surface area (TPSA) is 37.3 Å². The zero-order valence-corrected chi connectivity index (χ0v) is 8.46. The van der Waals surface area contributed by atoms with Gasteiger partial charge in [0.1, 0.15) is 0 Å². The first kappa shape index (κ1) is 10.6. The Morgan fingerprint density at radius 2 is 2.08 bits per heavy atom. The Labute approximate surface area is 80.3 Å². The molecular formula is C11H20O2. The van der Waals surface area contributed by atoms with Crippen LogP contribution in [-0.2, 0) is 4.79 Å². The van der Waals surface area contributed by atoms with Crippen molar-refractivity contribution < 1.29 is 9.90 Å². The largest absolute Gasteiger partial charge is 0.481 e. The Morgan fingerprint density at radius 1 is 1.38 bits per heavy atom. The molecule has 1 N–H and O–H groups in total. The summed E-state index contributed by atoms with van der Waals surface area (Å²) < 4.78 is 0. The number of aliphatic carboxylic acids is 1. The van der Waals surface area contributed by atoms with E-state index in [2.05, 4.69) is 6.92 Å². The maximum atomic E-state index is 10.9. The fourth-order valence-corrected chi connectivity index (χ4v) is 2.34. The maximum Gasteiger partial charge on any atom is 0.306 e. The standard InChI is InChI=1S/C11H20O2/c1-2-3-6-9-7-4-5-8-10(9)11(12)13/h9-10H,2-8H2,1H3,(H,12,13). The molecule has 0 aromatic heterocycles. The third kappa shape index (κ3) is 3.02. The molecule has 0 aromatic rings. The molecule has 0 spiro atoms. The van der Waals surface area contributed by atoms with E-state index in [1.165, 1.54) is 19.3 Å². The second-order valence-corrected chi connectivity index (χ2v) is 4.13. The summed E-state index contributed by atoms with van der Waals surface area (Å²) in [5.41, 5.74) is 0. The molecular weight excluding hydrogens is 164 g/mol. The molecule has 1 fully saturated rings. The average Bonchev–Trinajstić information content (AvgIpc) is 2.15. The van der Waals surface area contributed by atoms with Crippen LogP contribution in [0.4, 0.5) is 0 Å². The number of carbonyl (C=O) groups is 1. The minimum absolute atomic E-state index is 0.0414. The quantitative estimate of drug-likeness (QED) is 0.729. The predicted octanol–water partition coefficient (Wildman–Crippen LogP) is 3.07. The molecule has 0 aromatic carbocycles. The molecule has 0 amide bonds. The molecule has 2 nitrogen and oxygen atoms in total. The lowest BCUT2D eigenvalue weighted by Gasteiger charge is -2.28. The van der Waals surface area contributed by atoms with Gasteiger partial charge < -0.3 is 5.11 Å². The fraction of sp³-hybridized carbons (Fsp3) is 0.909. The monoisotopic (exact) mass is 184 g/mol. The van der Waals surface area contributed by atoms with Crippen molar-refractivity contribution in [1.29, 1.82) is 0 Å². The number of hydrogen-bond acceptors (Lipinski definition) is 1. The molecule has 0 saturated heterocycles. The average molecular weight is 184 g/mol. The van der Waals surface area contributed by atoms with Crippen molar-refractivity contribution in [3.8, 4) is 0 Å². The summed E-state index contributed by atoms with van der Waals surface area (Å²) in [6, 6.07) is 0. The summed E-state index contributed by atoms with van der Waals surface area (Å²) in [5, 5.41) is 9.01. The summed E-state index contributed by atoms with van der Waals surface area (Å²) in [7, 11) is 0. The van der Waals surface area contributed by atoms with E-state index in [4.69, 9.17) is 5.11 Å². The minimum atomic E-state index is -0.569. The van der Waals surface area contributed by atoms with Crippen LogP contribution in [0.2, 0.25) is 0 Å². The smallest absolute Gasteiger partial charge is 0.306 e. The number of hydrogen-bond donors (Lipinski definition) is 1. The van der Waals surface area contributed by atoms with Crippen molar-refractivity contribution >= 4 is 5.97 Å². The van der Waals surface area contributed by atoms with Crippen LogP contribution in [0.25, 0.3) is 0 Å². The van der Waals surface area contributed by atoms with E-state index in [0.717, 1.165) is 25.7 Å². The van der Waals surface area contributed by atoms with E-state index < -0.39 is 5.97 Å². The maximum absolute atomic E-state index is 10.9. The van der Waals surface area contributed by atoms with Crippen LogP contribution in [0.1, 0.15) is 51.9 Å². The Balaban J connectivity index is 2.41. The van der Waals surface area contributed by atoms with Gasteiger partial charge in [-0.15, -0.1) is 0 Å². The van der Waals surface area contributed by atoms with Crippen molar-refractivity contribution in [3.05, 3.63) is 0 Å². The number of carboxylic acids is 1. The van der Waals surface area contributed by atoms with Crippen molar-refractivity contribution in [2.75, 3.05) is 0 Å². The van der Waals surface area contributed by atoms with Crippen molar-refractivity contribution in [1.82, 2.24) is 0 Å². The first-order valence-corrected chi connectivity index (χ1v) is 5.48. The molecule has 2 atom stereocenters. The van der Waals surface area contributed by atoms with E-state index in [1.54, 1.807) is 0 Å². The van der Waals surface area contributed by atoms with Crippen molar-refractivity contribution in [2.45, 2.75) is 51.9 Å². The number of unbranched alkanes of at least 4 members (excludes halogenated alkanes) is 1. The molecule has 1 rings (SSSR count). The van der Waals surface area contributed by atoms with Gasteiger partial charge in [-0.2, -0.15) is 0 Å². The highest BCUT2D eigenvalue weighted by Crippen LogP contribution is 2.33. The van der Waals surface area contributed by atoms with Gasteiger partial charge in [0.2, 0.25) is 0 Å². The van der Waals surface area contributed by atoms with Gasteiger partial charge >= 0.3 is 5.97 Å². The first-order chi connectivity index (χ1) is 6.25.